The van der Waals surface area contributed by atoms with E-state index in [1.54, 1.807) is 0 Å². The summed E-state index contributed by atoms with van der Waals surface area (Å²) in [5, 5.41) is 11.5. The fourth-order valence-corrected chi connectivity index (χ4v) is 9.36. The van der Waals surface area contributed by atoms with Crippen molar-refractivity contribution in [1.82, 2.24) is 4.90 Å². The lowest BCUT2D eigenvalue weighted by molar-refractivity contribution is -0.952. The Balaban J connectivity index is 1.34. The largest absolute Gasteiger partial charge is 0.389 e. The van der Waals surface area contributed by atoms with Crippen LogP contribution in [0.4, 0.5) is 0 Å². The molecule has 0 amide bonds. The molecule has 1 N–H and O–H groups in total. The fraction of sp³-hybridized carbons (Fsp3) is 1.00. The van der Waals surface area contributed by atoms with Crippen molar-refractivity contribution in [2.45, 2.75) is 95.6 Å². The number of aliphatic hydroxyl groups is 1. The molecular weight excluding hydrogens is 356 g/mol. The fourth-order valence-electron chi connectivity index (χ4n) is 9.36. The lowest BCUT2D eigenvalue weighted by Crippen LogP contribution is -2.69. The third-order valence-electron chi connectivity index (χ3n) is 11.5. The molecule has 0 bridgehead atoms. The summed E-state index contributed by atoms with van der Waals surface area (Å²) in [5.74, 6) is 3.53. The van der Waals surface area contributed by atoms with Gasteiger partial charge in [0, 0.05) is 18.9 Å². The van der Waals surface area contributed by atoms with Gasteiger partial charge in [0.2, 0.25) is 0 Å². The molecule has 2 saturated heterocycles. The van der Waals surface area contributed by atoms with Crippen LogP contribution < -0.4 is 0 Å². The first-order valence-corrected chi connectivity index (χ1v) is 12.9. The topological polar surface area (TPSA) is 23.5 Å². The maximum atomic E-state index is 11.5. The number of fused-ring (bicyclic) bond motifs is 5. The Bertz CT molecular complexity index is 628. The highest BCUT2D eigenvalue weighted by Gasteiger charge is 2.62. The lowest BCUT2D eigenvalue weighted by atomic mass is 9.44. The molecule has 166 valence electrons. The van der Waals surface area contributed by atoms with Gasteiger partial charge in [-0.25, -0.2) is 0 Å². The molecule has 29 heavy (non-hydrogen) atoms. The number of hydrogen-bond donors (Lipinski definition) is 1. The van der Waals surface area contributed by atoms with Gasteiger partial charge < -0.3 is 14.5 Å². The third-order valence-corrected chi connectivity index (χ3v) is 11.5. The Labute approximate surface area is 179 Å². The number of piperidine rings is 1. The minimum Gasteiger partial charge on any atom is -0.389 e. The van der Waals surface area contributed by atoms with E-state index >= 15 is 0 Å². The van der Waals surface area contributed by atoms with E-state index in [9.17, 15) is 5.11 Å². The molecule has 5 fully saturated rings. The first-order valence-electron chi connectivity index (χ1n) is 12.9. The number of nitrogens with zero attached hydrogens (tertiary/aromatic N) is 2. The molecule has 0 aromatic carbocycles. The smallest absolute Gasteiger partial charge is 0.0991 e. The van der Waals surface area contributed by atoms with Crippen molar-refractivity contribution in [3.8, 4) is 0 Å². The molecule has 7 atom stereocenters. The third kappa shape index (κ3) is 3.16. The molecule has 3 aliphatic carbocycles. The normalized spacial score (nSPS) is 52.4. The van der Waals surface area contributed by atoms with Crippen LogP contribution in [-0.2, 0) is 0 Å². The second-order valence-corrected chi connectivity index (χ2v) is 13.0. The second kappa shape index (κ2) is 6.94. The van der Waals surface area contributed by atoms with Crippen LogP contribution in [0.3, 0.4) is 0 Å². The van der Waals surface area contributed by atoms with Crippen LogP contribution in [0.25, 0.3) is 0 Å². The summed E-state index contributed by atoms with van der Waals surface area (Å²) in [7, 11) is 5.03. The van der Waals surface area contributed by atoms with Crippen molar-refractivity contribution in [2.24, 2.45) is 29.1 Å². The Morgan fingerprint density at radius 1 is 0.897 bits per heavy atom. The number of quaternary nitrogens is 1. The van der Waals surface area contributed by atoms with Crippen molar-refractivity contribution in [1.29, 1.82) is 0 Å². The second-order valence-electron chi connectivity index (χ2n) is 13.0. The lowest BCUT2D eigenvalue weighted by Gasteiger charge is -2.66. The van der Waals surface area contributed by atoms with E-state index in [0.29, 0.717) is 11.0 Å². The summed E-state index contributed by atoms with van der Waals surface area (Å²) in [5.41, 5.74) is 0.568. The van der Waals surface area contributed by atoms with Crippen LogP contribution in [0.5, 0.6) is 0 Å². The Morgan fingerprint density at radius 2 is 1.66 bits per heavy atom. The molecule has 5 aliphatic rings. The average Bonchev–Trinajstić information content (AvgIpc) is 3.16. The van der Waals surface area contributed by atoms with Gasteiger partial charge in [0.15, 0.2) is 0 Å². The highest BCUT2D eigenvalue weighted by atomic mass is 16.3. The molecule has 3 saturated carbocycles. The summed E-state index contributed by atoms with van der Waals surface area (Å²) in [4.78, 5) is 2.54. The van der Waals surface area contributed by atoms with E-state index in [1.165, 1.54) is 81.9 Å². The standard InChI is InChI=1S/C26H47N2O/c1-24-13-14-26(29,19-27-15-5-6-16-27)18-20(24)9-10-21-22(24)11-12-25(2)23(21)8-7-17-28(25,3)4/h20-23,29H,5-19H2,1-4H3/q+1/t20-,21+,22-,23-,24-,25-,26+/m0/s1. The molecule has 5 rings (SSSR count). The van der Waals surface area contributed by atoms with Gasteiger partial charge >= 0.3 is 0 Å². The minimum absolute atomic E-state index is 0.408. The van der Waals surface area contributed by atoms with Crippen LogP contribution in [0.1, 0.15) is 84.5 Å². The van der Waals surface area contributed by atoms with Crippen LogP contribution in [0.15, 0.2) is 0 Å². The minimum atomic E-state index is -0.408. The number of rotatable bonds is 2. The van der Waals surface area contributed by atoms with Crippen molar-refractivity contribution < 1.29 is 9.59 Å². The predicted molar refractivity (Wildman–Crippen MR) is 120 cm³/mol. The monoisotopic (exact) mass is 403 g/mol. The highest BCUT2D eigenvalue weighted by Crippen LogP contribution is 2.64. The van der Waals surface area contributed by atoms with Crippen molar-refractivity contribution in [3.05, 3.63) is 0 Å². The summed E-state index contributed by atoms with van der Waals surface area (Å²) in [6, 6.07) is 0. The van der Waals surface area contributed by atoms with Gasteiger partial charge in [-0.15, -0.1) is 0 Å². The summed E-state index contributed by atoms with van der Waals surface area (Å²) in [6.45, 7) is 10.0. The van der Waals surface area contributed by atoms with Crippen LogP contribution in [0.2, 0.25) is 0 Å². The first-order chi connectivity index (χ1) is 13.7. The van der Waals surface area contributed by atoms with E-state index in [4.69, 9.17) is 0 Å². The van der Waals surface area contributed by atoms with Gasteiger partial charge in [-0.3, -0.25) is 0 Å². The maximum Gasteiger partial charge on any atom is 0.0991 e. The number of hydrogen-bond acceptors (Lipinski definition) is 2. The van der Waals surface area contributed by atoms with Gasteiger partial charge in [-0.1, -0.05) is 6.92 Å². The van der Waals surface area contributed by atoms with E-state index in [1.807, 2.05) is 0 Å². The summed E-state index contributed by atoms with van der Waals surface area (Å²) in [6.07, 6.45) is 14.6. The zero-order chi connectivity index (χ0) is 20.5. The SMILES string of the molecule is C[C@]12CC[C@](O)(CN3CCCC3)C[C@@H]1CC[C@@H]1[C@@H]2CC[C@@]2(C)[C@H]1CCC[N+]2(C)C. The zero-order valence-electron chi connectivity index (χ0n) is 19.8. The Morgan fingerprint density at radius 3 is 2.41 bits per heavy atom. The first kappa shape index (κ1) is 20.8. The van der Waals surface area contributed by atoms with Crippen molar-refractivity contribution in [3.63, 3.8) is 0 Å². The van der Waals surface area contributed by atoms with Gasteiger partial charge in [-0.2, -0.15) is 0 Å². The van der Waals surface area contributed by atoms with E-state index in [-0.39, 0.29) is 0 Å². The van der Waals surface area contributed by atoms with Crippen LogP contribution in [-0.4, -0.2) is 65.9 Å². The van der Waals surface area contributed by atoms with Gasteiger partial charge in [0.25, 0.3) is 0 Å². The molecule has 0 radical (unpaired) electrons. The molecule has 3 nitrogen and oxygen atoms in total. The zero-order valence-corrected chi connectivity index (χ0v) is 19.8. The maximum absolute atomic E-state index is 11.5. The molecular formula is C26H47N2O+. The molecule has 0 spiro atoms. The van der Waals surface area contributed by atoms with Gasteiger partial charge in [0.05, 0.1) is 31.8 Å². The molecule has 2 heterocycles. The Kier molecular flexibility index (Phi) is 4.97. The van der Waals surface area contributed by atoms with Crippen LogP contribution >= 0.6 is 0 Å². The molecule has 3 heteroatoms. The quantitative estimate of drug-likeness (QED) is 0.677. The van der Waals surface area contributed by atoms with E-state index in [2.05, 4.69) is 32.8 Å². The van der Waals surface area contributed by atoms with E-state index < -0.39 is 5.60 Å². The predicted octanol–water partition coefficient (Wildman–Crippen LogP) is 4.68. The average molecular weight is 404 g/mol. The van der Waals surface area contributed by atoms with Gasteiger partial charge in [0.1, 0.15) is 0 Å². The number of likely N-dealkylation sites (tertiary alicyclic amines) is 2. The molecule has 0 unspecified atom stereocenters. The van der Waals surface area contributed by atoms with Crippen molar-refractivity contribution in [2.75, 3.05) is 40.3 Å². The van der Waals surface area contributed by atoms with E-state index in [0.717, 1.165) is 43.1 Å². The Hall–Kier alpha value is -0.120. The van der Waals surface area contributed by atoms with Crippen molar-refractivity contribution >= 4 is 0 Å². The molecule has 2 aliphatic heterocycles. The number of β-amino-alcohol motifs (C(OH)–C–C–N with tert-alkyl or cyclic N) is 1. The molecule has 0 aromatic heterocycles. The van der Waals surface area contributed by atoms with Gasteiger partial charge in [-0.05, 0) is 107 Å². The van der Waals surface area contributed by atoms with Crippen LogP contribution in [0, 0.1) is 29.1 Å². The highest BCUT2D eigenvalue weighted by molar-refractivity contribution is 5.09. The summed E-state index contributed by atoms with van der Waals surface area (Å²) >= 11 is 0. The summed E-state index contributed by atoms with van der Waals surface area (Å²) < 4.78 is 1.25. The molecule has 0 aromatic rings.